The number of rotatable bonds is 4. The quantitative estimate of drug-likeness (QED) is 0.409. The number of aromatic amines is 1. The number of fused-ring (bicyclic) bond motifs is 3. The van der Waals surface area contributed by atoms with Gasteiger partial charge in [0.05, 0.1) is 28.8 Å². The summed E-state index contributed by atoms with van der Waals surface area (Å²) in [5, 5.41) is 15.3. The van der Waals surface area contributed by atoms with Crippen LogP contribution in [0.2, 0.25) is 5.02 Å². The number of benzene rings is 2. The van der Waals surface area contributed by atoms with Gasteiger partial charge in [-0.3, -0.25) is 14.9 Å². The molecule has 6 rings (SSSR count). The molecule has 1 spiro atoms. The molecule has 160 valence electrons. The van der Waals surface area contributed by atoms with Crippen LogP contribution < -0.4 is 15.4 Å². The number of H-pyrrole nitrogens is 1. The lowest BCUT2D eigenvalue weighted by Gasteiger charge is -2.10. The molecule has 0 unspecified atom stereocenters. The van der Waals surface area contributed by atoms with E-state index in [0.717, 1.165) is 51.3 Å². The molecule has 0 radical (unpaired) electrons. The number of halogens is 1. The SMILES string of the molecule is COc1ccc2c(c1)[C@]1(C[C@H]1c1ccc3c(Nc4cc(C)ncc4Cl)n[nH]c3c1)C(=O)N2. The van der Waals surface area contributed by atoms with E-state index in [2.05, 4.69) is 37.9 Å². The summed E-state index contributed by atoms with van der Waals surface area (Å²) in [6.07, 6.45) is 2.40. The van der Waals surface area contributed by atoms with Gasteiger partial charge in [-0.05, 0) is 60.9 Å². The summed E-state index contributed by atoms with van der Waals surface area (Å²) in [4.78, 5) is 17.1. The molecule has 1 aliphatic heterocycles. The Hall–Kier alpha value is -3.58. The molecule has 2 atom stereocenters. The maximum absolute atomic E-state index is 12.9. The predicted octanol–water partition coefficient (Wildman–Crippen LogP) is 5.05. The minimum absolute atomic E-state index is 0.0560. The number of hydrogen-bond acceptors (Lipinski definition) is 5. The van der Waals surface area contributed by atoms with E-state index >= 15 is 0 Å². The molecule has 2 aromatic heterocycles. The molecule has 1 aliphatic carbocycles. The monoisotopic (exact) mass is 445 g/mol. The first kappa shape index (κ1) is 19.1. The van der Waals surface area contributed by atoms with Gasteiger partial charge in [0.15, 0.2) is 5.82 Å². The maximum atomic E-state index is 12.9. The standard InChI is InChI=1S/C24H20ClN5O2/c1-12-7-21(18(25)11-26-12)27-22-15-5-3-13(8-20(15)29-30-22)17-10-24(17)16-9-14(32-2)4-6-19(16)28-23(24)31/h3-9,11,17H,10H2,1-2H3,(H,28,31)(H2,26,27,29,30)/t17-,24-/m0/s1. The van der Waals surface area contributed by atoms with Crippen molar-refractivity contribution in [3.05, 3.63) is 70.5 Å². The fraction of sp³-hybridized carbons (Fsp3) is 0.208. The van der Waals surface area contributed by atoms with Gasteiger partial charge in [-0.25, -0.2) is 0 Å². The van der Waals surface area contributed by atoms with E-state index in [1.165, 1.54) is 0 Å². The van der Waals surface area contributed by atoms with E-state index < -0.39 is 5.41 Å². The van der Waals surface area contributed by atoms with Gasteiger partial charge in [-0.1, -0.05) is 17.7 Å². The highest BCUT2D eigenvalue weighted by Crippen LogP contribution is 2.65. The number of ether oxygens (including phenoxy) is 1. The molecule has 3 N–H and O–H groups in total. The summed E-state index contributed by atoms with van der Waals surface area (Å²) >= 11 is 6.28. The normalized spacial score (nSPS) is 21.0. The van der Waals surface area contributed by atoms with E-state index in [4.69, 9.17) is 16.3 Å². The van der Waals surface area contributed by atoms with Gasteiger partial charge in [-0.15, -0.1) is 0 Å². The first-order chi connectivity index (χ1) is 15.5. The molecule has 2 aliphatic rings. The Bertz CT molecular complexity index is 1420. The summed E-state index contributed by atoms with van der Waals surface area (Å²) in [5.41, 5.74) is 4.99. The van der Waals surface area contributed by atoms with Gasteiger partial charge < -0.3 is 15.4 Å². The number of pyridine rings is 1. The van der Waals surface area contributed by atoms with Crippen molar-refractivity contribution in [2.45, 2.75) is 24.7 Å². The number of nitrogens with one attached hydrogen (secondary N) is 3. The zero-order valence-electron chi connectivity index (χ0n) is 17.5. The largest absolute Gasteiger partial charge is 0.497 e. The summed E-state index contributed by atoms with van der Waals surface area (Å²) in [7, 11) is 1.64. The topological polar surface area (TPSA) is 91.9 Å². The average Bonchev–Trinajstić information content (AvgIpc) is 3.35. The Labute approximate surface area is 189 Å². The van der Waals surface area contributed by atoms with Crippen LogP contribution in [-0.4, -0.2) is 28.2 Å². The molecule has 4 aromatic rings. The van der Waals surface area contributed by atoms with E-state index in [1.807, 2.05) is 37.3 Å². The lowest BCUT2D eigenvalue weighted by atomic mass is 9.91. The van der Waals surface area contributed by atoms with Crippen LogP contribution >= 0.6 is 11.6 Å². The van der Waals surface area contributed by atoms with Crippen LogP contribution in [0.1, 0.15) is 29.2 Å². The summed E-state index contributed by atoms with van der Waals surface area (Å²) in [5.74, 6) is 1.62. The second-order valence-corrected chi connectivity index (χ2v) is 8.81. The predicted molar refractivity (Wildman–Crippen MR) is 124 cm³/mol. The zero-order valence-corrected chi connectivity index (χ0v) is 18.2. The summed E-state index contributed by atoms with van der Waals surface area (Å²) < 4.78 is 5.39. The summed E-state index contributed by atoms with van der Waals surface area (Å²) in [6, 6.07) is 13.8. The Balaban J connectivity index is 1.33. The minimum atomic E-state index is -0.527. The van der Waals surface area contributed by atoms with Crippen LogP contribution in [0.3, 0.4) is 0 Å². The van der Waals surface area contributed by atoms with Gasteiger partial charge in [-0.2, -0.15) is 5.10 Å². The Morgan fingerprint density at radius 2 is 2.09 bits per heavy atom. The molecule has 1 amide bonds. The number of amides is 1. The molecule has 0 saturated heterocycles. The number of carbonyl (C=O) groups is 1. The van der Waals surface area contributed by atoms with E-state index in [0.29, 0.717) is 10.8 Å². The van der Waals surface area contributed by atoms with Crippen molar-refractivity contribution in [1.29, 1.82) is 0 Å². The Kier molecular flexibility index (Phi) is 4.01. The van der Waals surface area contributed by atoms with Crippen molar-refractivity contribution in [2.75, 3.05) is 17.7 Å². The lowest BCUT2D eigenvalue weighted by molar-refractivity contribution is -0.118. The van der Waals surface area contributed by atoms with E-state index in [1.54, 1.807) is 13.3 Å². The van der Waals surface area contributed by atoms with E-state index in [-0.39, 0.29) is 11.8 Å². The van der Waals surface area contributed by atoms with Crippen molar-refractivity contribution < 1.29 is 9.53 Å². The number of hydrogen-bond donors (Lipinski definition) is 3. The molecular weight excluding hydrogens is 426 g/mol. The maximum Gasteiger partial charge on any atom is 0.235 e. The highest BCUT2D eigenvalue weighted by molar-refractivity contribution is 6.33. The molecule has 1 saturated carbocycles. The summed E-state index contributed by atoms with van der Waals surface area (Å²) in [6.45, 7) is 1.91. The van der Waals surface area contributed by atoms with E-state index in [9.17, 15) is 4.79 Å². The smallest absolute Gasteiger partial charge is 0.235 e. The minimum Gasteiger partial charge on any atom is -0.497 e. The second-order valence-electron chi connectivity index (χ2n) is 8.40. The van der Waals surface area contributed by atoms with Gasteiger partial charge >= 0.3 is 0 Å². The first-order valence-corrected chi connectivity index (χ1v) is 10.7. The van der Waals surface area contributed by atoms with Crippen molar-refractivity contribution >= 4 is 45.6 Å². The number of nitrogens with zero attached hydrogens (tertiary/aromatic N) is 2. The second kappa shape index (κ2) is 6.71. The molecule has 32 heavy (non-hydrogen) atoms. The highest BCUT2D eigenvalue weighted by Gasteiger charge is 2.65. The molecular formula is C24H20ClN5O2. The van der Waals surface area contributed by atoms with Crippen molar-refractivity contribution in [3.63, 3.8) is 0 Å². The Morgan fingerprint density at radius 3 is 2.94 bits per heavy atom. The van der Waals surface area contributed by atoms with Gasteiger partial charge in [0.25, 0.3) is 0 Å². The first-order valence-electron chi connectivity index (χ1n) is 10.4. The number of anilines is 3. The molecule has 2 aromatic carbocycles. The Morgan fingerprint density at radius 1 is 1.22 bits per heavy atom. The van der Waals surface area contributed by atoms with Crippen LogP contribution in [0.15, 0.2) is 48.7 Å². The van der Waals surface area contributed by atoms with Crippen LogP contribution in [0.4, 0.5) is 17.2 Å². The van der Waals surface area contributed by atoms with Crippen molar-refractivity contribution in [1.82, 2.24) is 15.2 Å². The lowest BCUT2D eigenvalue weighted by Crippen LogP contribution is -2.21. The third kappa shape index (κ3) is 2.71. The third-order valence-electron chi connectivity index (χ3n) is 6.56. The van der Waals surface area contributed by atoms with Gasteiger partial charge in [0, 0.05) is 28.9 Å². The van der Waals surface area contributed by atoms with Crippen LogP contribution in [0.5, 0.6) is 5.75 Å². The van der Waals surface area contributed by atoms with Crippen molar-refractivity contribution in [2.24, 2.45) is 0 Å². The molecule has 8 heteroatoms. The number of methoxy groups -OCH3 is 1. The highest BCUT2D eigenvalue weighted by atomic mass is 35.5. The fourth-order valence-corrected chi connectivity index (χ4v) is 4.96. The van der Waals surface area contributed by atoms with Gasteiger partial charge in [0.1, 0.15) is 5.75 Å². The number of carbonyl (C=O) groups excluding carboxylic acids is 1. The zero-order chi connectivity index (χ0) is 22.0. The number of aryl methyl sites for hydroxylation is 1. The van der Waals surface area contributed by atoms with Crippen LogP contribution in [0.25, 0.3) is 10.9 Å². The van der Waals surface area contributed by atoms with Crippen LogP contribution in [0, 0.1) is 6.92 Å². The molecule has 0 bridgehead atoms. The molecule has 3 heterocycles. The average molecular weight is 446 g/mol. The third-order valence-corrected chi connectivity index (χ3v) is 6.86. The molecule has 7 nitrogen and oxygen atoms in total. The molecule has 1 fully saturated rings. The van der Waals surface area contributed by atoms with Crippen LogP contribution in [-0.2, 0) is 10.2 Å². The van der Waals surface area contributed by atoms with Gasteiger partial charge in [0.2, 0.25) is 5.91 Å². The van der Waals surface area contributed by atoms with Crippen molar-refractivity contribution in [3.8, 4) is 5.75 Å². The fourth-order valence-electron chi connectivity index (χ4n) is 4.81. The number of aromatic nitrogens is 3.